The zero-order valence-electron chi connectivity index (χ0n) is 16.1. The molecule has 0 fully saturated rings. The number of carbonyl (C=O) groups excluding carboxylic acids is 1. The first-order valence-electron chi connectivity index (χ1n) is 8.96. The number of pyridine rings is 1. The number of halogens is 1. The molecule has 29 heavy (non-hydrogen) atoms. The maximum absolute atomic E-state index is 12.9. The Balaban J connectivity index is 1.60. The SMILES string of the molecule is Cc1cc(C)n(-c2ccc(NC(=O)c3c(-c4ccccc4Cl)noc3C)cn2)n1. The Hall–Kier alpha value is -3.45. The summed E-state index contributed by atoms with van der Waals surface area (Å²) < 4.78 is 7.01. The van der Waals surface area contributed by atoms with E-state index in [1.165, 1.54) is 0 Å². The van der Waals surface area contributed by atoms with Crippen molar-refractivity contribution in [3.63, 3.8) is 0 Å². The van der Waals surface area contributed by atoms with Gasteiger partial charge in [-0.15, -0.1) is 0 Å². The van der Waals surface area contributed by atoms with Gasteiger partial charge in [0.15, 0.2) is 5.82 Å². The molecule has 0 aliphatic carbocycles. The van der Waals surface area contributed by atoms with Gasteiger partial charge < -0.3 is 9.84 Å². The summed E-state index contributed by atoms with van der Waals surface area (Å²) in [6.45, 7) is 5.57. The third-order valence-electron chi connectivity index (χ3n) is 4.45. The van der Waals surface area contributed by atoms with Crippen LogP contribution in [0.25, 0.3) is 17.1 Å². The van der Waals surface area contributed by atoms with Crippen LogP contribution in [0.5, 0.6) is 0 Å². The Morgan fingerprint density at radius 2 is 1.93 bits per heavy atom. The van der Waals surface area contributed by atoms with Crippen molar-refractivity contribution in [1.82, 2.24) is 19.9 Å². The van der Waals surface area contributed by atoms with E-state index in [9.17, 15) is 4.79 Å². The minimum Gasteiger partial charge on any atom is -0.360 e. The molecule has 4 aromatic rings. The van der Waals surface area contributed by atoms with Crippen LogP contribution < -0.4 is 5.32 Å². The van der Waals surface area contributed by atoms with Gasteiger partial charge in [0.25, 0.3) is 5.91 Å². The van der Waals surface area contributed by atoms with Crippen LogP contribution in [0.1, 0.15) is 27.5 Å². The van der Waals surface area contributed by atoms with Crippen molar-refractivity contribution >= 4 is 23.2 Å². The molecule has 0 atom stereocenters. The maximum atomic E-state index is 12.9. The molecule has 0 saturated carbocycles. The average Bonchev–Trinajstić information content (AvgIpc) is 3.24. The van der Waals surface area contributed by atoms with E-state index in [0.717, 1.165) is 11.4 Å². The van der Waals surface area contributed by atoms with Crippen LogP contribution >= 0.6 is 11.6 Å². The van der Waals surface area contributed by atoms with Gasteiger partial charge in [0.2, 0.25) is 0 Å². The number of aryl methyl sites for hydroxylation is 3. The maximum Gasteiger partial charge on any atom is 0.261 e. The molecule has 4 rings (SSSR count). The molecule has 0 aliphatic heterocycles. The minimum absolute atomic E-state index is 0.334. The van der Waals surface area contributed by atoms with E-state index in [-0.39, 0.29) is 5.91 Å². The lowest BCUT2D eigenvalue weighted by molar-refractivity contribution is 0.102. The topological polar surface area (TPSA) is 85.8 Å². The normalized spacial score (nSPS) is 10.9. The van der Waals surface area contributed by atoms with Crippen molar-refractivity contribution in [3.8, 4) is 17.1 Å². The third kappa shape index (κ3) is 3.64. The van der Waals surface area contributed by atoms with Gasteiger partial charge in [-0.2, -0.15) is 5.10 Å². The second-order valence-corrected chi connectivity index (χ2v) is 7.05. The number of aromatic nitrogens is 4. The van der Waals surface area contributed by atoms with E-state index in [1.54, 1.807) is 42.1 Å². The van der Waals surface area contributed by atoms with E-state index < -0.39 is 0 Å². The largest absolute Gasteiger partial charge is 0.360 e. The van der Waals surface area contributed by atoms with Crippen LogP contribution in [0.15, 0.2) is 53.2 Å². The minimum atomic E-state index is -0.348. The van der Waals surface area contributed by atoms with E-state index in [0.29, 0.717) is 39.1 Å². The molecular formula is C21H18ClN5O2. The number of benzene rings is 1. The Morgan fingerprint density at radius 3 is 2.59 bits per heavy atom. The molecule has 146 valence electrons. The highest BCUT2D eigenvalue weighted by atomic mass is 35.5. The Labute approximate surface area is 172 Å². The van der Waals surface area contributed by atoms with Gasteiger partial charge in [-0.1, -0.05) is 35.0 Å². The van der Waals surface area contributed by atoms with Crippen molar-refractivity contribution in [2.75, 3.05) is 5.32 Å². The fourth-order valence-electron chi connectivity index (χ4n) is 3.12. The summed E-state index contributed by atoms with van der Waals surface area (Å²) in [4.78, 5) is 17.3. The van der Waals surface area contributed by atoms with Crippen molar-refractivity contribution in [2.24, 2.45) is 0 Å². The Bertz CT molecular complexity index is 1190. The number of hydrogen-bond acceptors (Lipinski definition) is 5. The van der Waals surface area contributed by atoms with E-state index in [2.05, 4.69) is 20.6 Å². The molecule has 0 radical (unpaired) electrons. The van der Waals surface area contributed by atoms with Crippen LogP contribution in [-0.2, 0) is 0 Å². The highest BCUT2D eigenvalue weighted by Crippen LogP contribution is 2.31. The second kappa shape index (κ2) is 7.52. The lowest BCUT2D eigenvalue weighted by atomic mass is 10.1. The van der Waals surface area contributed by atoms with Crippen LogP contribution in [0, 0.1) is 20.8 Å². The molecule has 8 heteroatoms. The van der Waals surface area contributed by atoms with Gasteiger partial charge in [0.05, 0.1) is 22.6 Å². The summed E-state index contributed by atoms with van der Waals surface area (Å²) in [6.07, 6.45) is 1.59. The fraction of sp³-hybridized carbons (Fsp3) is 0.143. The van der Waals surface area contributed by atoms with Gasteiger partial charge in [-0.25, -0.2) is 9.67 Å². The molecule has 1 amide bonds. The number of rotatable bonds is 4. The van der Waals surface area contributed by atoms with E-state index in [4.69, 9.17) is 16.1 Å². The van der Waals surface area contributed by atoms with E-state index >= 15 is 0 Å². The summed E-state index contributed by atoms with van der Waals surface area (Å²) in [5.41, 5.74) is 3.81. The molecule has 3 heterocycles. The number of amides is 1. The highest BCUT2D eigenvalue weighted by Gasteiger charge is 2.23. The molecule has 1 N–H and O–H groups in total. The smallest absolute Gasteiger partial charge is 0.261 e. The van der Waals surface area contributed by atoms with Gasteiger partial charge in [-0.3, -0.25) is 4.79 Å². The summed E-state index contributed by atoms with van der Waals surface area (Å²) in [5.74, 6) is 0.732. The van der Waals surface area contributed by atoms with Gasteiger partial charge in [0, 0.05) is 11.3 Å². The first kappa shape index (κ1) is 18.9. The highest BCUT2D eigenvalue weighted by molar-refractivity contribution is 6.33. The zero-order chi connectivity index (χ0) is 20.5. The molecule has 0 bridgehead atoms. The van der Waals surface area contributed by atoms with E-state index in [1.807, 2.05) is 32.0 Å². The fourth-order valence-corrected chi connectivity index (χ4v) is 3.34. The van der Waals surface area contributed by atoms with Crippen molar-refractivity contribution in [2.45, 2.75) is 20.8 Å². The van der Waals surface area contributed by atoms with Crippen LogP contribution in [0.4, 0.5) is 5.69 Å². The zero-order valence-corrected chi connectivity index (χ0v) is 16.9. The van der Waals surface area contributed by atoms with Crippen LogP contribution in [-0.4, -0.2) is 25.8 Å². The van der Waals surface area contributed by atoms with Crippen molar-refractivity contribution in [3.05, 3.63) is 76.4 Å². The summed E-state index contributed by atoms with van der Waals surface area (Å²) in [6, 6.07) is 12.7. The predicted octanol–water partition coefficient (Wildman–Crippen LogP) is 4.75. The third-order valence-corrected chi connectivity index (χ3v) is 4.78. The summed E-state index contributed by atoms with van der Waals surface area (Å²) in [7, 11) is 0. The lowest BCUT2D eigenvalue weighted by Gasteiger charge is -2.08. The van der Waals surface area contributed by atoms with Crippen molar-refractivity contribution < 1.29 is 9.32 Å². The molecule has 0 unspecified atom stereocenters. The molecular weight excluding hydrogens is 390 g/mol. The number of nitrogens with one attached hydrogen (secondary N) is 1. The van der Waals surface area contributed by atoms with Gasteiger partial charge in [-0.05, 0) is 45.0 Å². The van der Waals surface area contributed by atoms with Crippen molar-refractivity contribution in [1.29, 1.82) is 0 Å². The summed E-state index contributed by atoms with van der Waals surface area (Å²) in [5, 5.41) is 11.8. The number of anilines is 1. The monoisotopic (exact) mass is 407 g/mol. The number of carbonyl (C=O) groups is 1. The number of nitrogens with zero attached hydrogens (tertiary/aromatic N) is 4. The predicted molar refractivity (Wildman–Crippen MR) is 110 cm³/mol. The van der Waals surface area contributed by atoms with Gasteiger partial charge in [0.1, 0.15) is 17.0 Å². The molecule has 0 aliphatic rings. The molecule has 0 spiro atoms. The first-order valence-corrected chi connectivity index (χ1v) is 9.34. The quantitative estimate of drug-likeness (QED) is 0.527. The van der Waals surface area contributed by atoms with Crippen LogP contribution in [0.2, 0.25) is 5.02 Å². The molecule has 0 saturated heterocycles. The molecule has 3 aromatic heterocycles. The Morgan fingerprint density at radius 1 is 1.14 bits per heavy atom. The molecule has 7 nitrogen and oxygen atoms in total. The molecule has 1 aromatic carbocycles. The summed E-state index contributed by atoms with van der Waals surface area (Å²) >= 11 is 6.26. The lowest BCUT2D eigenvalue weighted by Crippen LogP contribution is -2.14. The Kier molecular flexibility index (Phi) is 4.90. The number of hydrogen-bond donors (Lipinski definition) is 1. The average molecular weight is 408 g/mol. The second-order valence-electron chi connectivity index (χ2n) is 6.64. The standard InChI is InChI=1S/C21H18ClN5O2/c1-12-10-13(2)27(25-12)18-9-8-15(11-23-18)24-21(28)19-14(3)29-26-20(19)16-6-4-5-7-17(16)22/h4-11H,1-3H3,(H,24,28). The van der Waals surface area contributed by atoms with Gasteiger partial charge >= 0.3 is 0 Å². The van der Waals surface area contributed by atoms with Crippen LogP contribution in [0.3, 0.4) is 0 Å². The first-order chi connectivity index (χ1) is 13.9.